The predicted octanol–water partition coefficient (Wildman–Crippen LogP) is 4.38. The van der Waals surface area contributed by atoms with Gasteiger partial charge in [-0.25, -0.2) is 5.01 Å². The number of ether oxygens (including phenoxy) is 2. The second-order valence-electron chi connectivity index (χ2n) is 10.5. The van der Waals surface area contributed by atoms with Gasteiger partial charge in [-0.3, -0.25) is 14.5 Å². The third kappa shape index (κ3) is 6.62. The summed E-state index contributed by atoms with van der Waals surface area (Å²) in [4.78, 5) is 31.6. The van der Waals surface area contributed by atoms with Crippen LogP contribution in [0.3, 0.4) is 0 Å². The molecule has 5 rings (SSSR count). The minimum Gasteiger partial charge on any atom is -0.497 e. The lowest BCUT2D eigenvalue weighted by atomic mass is 9.98. The number of hydrogen-bond acceptors (Lipinski definition) is 6. The fourth-order valence-corrected chi connectivity index (χ4v) is 5.95. The number of hydrazone groups is 1. The van der Waals surface area contributed by atoms with E-state index in [-0.39, 0.29) is 30.3 Å². The molecule has 2 aromatic rings. The lowest BCUT2D eigenvalue weighted by Gasteiger charge is -2.32. The van der Waals surface area contributed by atoms with Gasteiger partial charge in [0.2, 0.25) is 5.91 Å². The van der Waals surface area contributed by atoms with Crippen LogP contribution in [-0.4, -0.2) is 85.4 Å². The molecular weight excluding hydrogens is 516 g/mol. The van der Waals surface area contributed by atoms with Gasteiger partial charge in [0.25, 0.3) is 5.91 Å². The third-order valence-electron chi connectivity index (χ3n) is 7.98. The van der Waals surface area contributed by atoms with Gasteiger partial charge in [0, 0.05) is 49.1 Å². The first kappa shape index (κ1) is 27.6. The first-order valence-corrected chi connectivity index (χ1v) is 14.3. The summed E-state index contributed by atoms with van der Waals surface area (Å²) in [5, 5.41) is 6.96. The molecule has 0 bridgehead atoms. The molecule has 2 fully saturated rings. The van der Waals surface area contributed by atoms with Gasteiger partial charge in [0.05, 0.1) is 32.1 Å². The zero-order valence-corrected chi connectivity index (χ0v) is 23.3. The van der Waals surface area contributed by atoms with Crippen molar-refractivity contribution in [3.63, 3.8) is 0 Å². The number of morpholine rings is 1. The van der Waals surface area contributed by atoms with E-state index in [2.05, 4.69) is 4.90 Å². The Bertz CT molecular complexity index is 1180. The molecule has 1 aliphatic carbocycles. The SMILES string of the molecule is COc1ccc([C@@H]2CC(c3ccccc3Cl)=NN2C(=O)CN(CCN2CCOCC2)C(=O)C2CCCC2)cc1. The van der Waals surface area contributed by atoms with Gasteiger partial charge in [-0.1, -0.05) is 54.8 Å². The highest BCUT2D eigenvalue weighted by Crippen LogP contribution is 2.35. The average Bonchev–Trinajstić information content (AvgIpc) is 3.67. The van der Waals surface area contributed by atoms with Crippen LogP contribution in [0.25, 0.3) is 0 Å². The fourth-order valence-electron chi connectivity index (χ4n) is 5.70. The van der Waals surface area contributed by atoms with Crippen LogP contribution in [0.4, 0.5) is 0 Å². The maximum atomic E-state index is 13.9. The Balaban J connectivity index is 1.38. The molecule has 0 spiro atoms. The zero-order chi connectivity index (χ0) is 27.2. The molecule has 2 heterocycles. The molecule has 9 heteroatoms. The van der Waals surface area contributed by atoms with Crippen LogP contribution in [0.2, 0.25) is 5.02 Å². The van der Waals surface area contributed by atoms with E-state index in [9.17, 15) is 9.59 Å². The number of hydrogen-bond donors (Lipinski definition) is 0. The summed E-state index contributed by atoms with van der Waals surface area (Å²) in [6, 6.07) is 15.0. The Hall–Kier alpha value is -2.94. The summed E-state index contributed by atoms with van der Waals surface area (Å²) in [5.41, 5.74) is 2.54. The van der Waals surface area contributed by atoms with Crippen molar-refractivity contribution in [1.29, 1.82) is 0 Å². The van der Waals surface area contributed by atoms with Crippen LogP contribution >= 0.6 is 11.6 Å². The molecular formula is C30H37ClN4O4. The number of benzene rings is 2. The summed E-state index contributed by atoms with van der Waals surface area (Å²) in [5.74, 6) is 0.648. The number of carbonyl (C=O) groups excluding carboxylic acids is 2. The molecule has 2 amide bonds. The molecule has 39 heavy (non-hydrogen) atoms. The van der Waals surface area contributed by atoms with Gasteiger partial charge in [-0.15, -0.1) is 0 Å². The molecule has 0 aromatic heterocycles. The van der Waals surface area contributed by atoms with Gasteiger partial charge in [0.1, 0.15) is 12.3 Å². The van der Waals surface area contributed by atoms with Gasteiger partial charge in [-0.2, -0.15) is 5.10 Å². The molecule has 2 aliphatic heterocycles. The van der Waals surface area contributed by atoms with Crippen LogP contribution in [0, 0.1) is 5.92 Å². The van der Waals surface area contributed by atoms with Gasteiger partial charge in [-0.05, 0) is 36.6 Å². The minimum absolute atomic E-state index is 0.000593. The highest BCUT2D eigenvalue weighted by atomic mass is 35.5. The van der Waals surface area contributed by atoms with Crippen molar-refractivity contribution in [1.82, 2.24) is 14.8 Å². The van der Waals surface area contributed by atoms with Crippen LogP contribution < -0.4 is 4.74 Å². The first-order valence-electron chi connectivity index (χ1n) is 13.9. The van der Waals surface area contributed by atoms with E-state index in [4.69, 9.17) is 26.2 Å². The Labute approximate surface area is 235 Å². The quantitative estimate of drug-likeness (QED) is 0.461. The minimum atomic E-state index is -0.294. The summed E-state index contributed by atoms with van der Waals surface area (Å²) < 4.78 is 10.8. The van der Waals surface area contributed by atoms with Crippen molar-refractivity contribution in [2.75, 3.05) is 53.0 Å². The van der Waals surface area contributed by atoms with E-state index < -0.39 is 0 Å². The molecule has 1 saturated heterocycles. The van der Waals surface area contributed by atoms with Crippen LogP contribution in [0.15, 0.2) is 53.6 Å². The topological polar surface area (TPSA) is 74.7 Å². The number of carbonyl (C=O) groups is 2. The second-order valence-corrected chi connectivity index (χ2v) is 10.9. The predicted molar refractivity (Wildman–Crippen MR) is 151 cm³/mol. The molecule has 208 valence electrons. The molecule has 3 aliphatic rings. The normalized spacial score (nSPS) is 20.2. The average molecular weight is 553 g/mol. The maximum absolute atomic E-state index is 13.9. The summed E-state index contributed by atoms with van der Waals surface area (Å²) >= 11 is 6.51. The third-order valence-corrected chi connectivity index (χ3v) is 8.31. The Kier molecular flexibility index (Phi) is 9.17. The second kappa shape index (κ2) is 12.9. The Morgan fingerprint density at radius 2 is 1.79 bits per heavy atom. The van der Waals surface area contributed by atoms with E-state index in [1.54, 1.807) is 17.0 Å². The Morgan fingerprint density at radius 1 is 1.08 bits per heavy atom. The van der Waals surface area contributed by atoms with Gasteiger partial charge in [0.15, 0.2) is 0 Å². The van der Waals surface area contributed by atoms with E-state index in [1.165, 1.54) is 0 Å². The first-order chi connectivity index (χ1) is 19.0. The number of nitrogens with zero attached hydrogens (tertiary/aromatic N) is 4. The van der Waals surface area contributed by atoms with Crippen LogP contribution in [0.5, 0.6) is 5.75 Å². The van der Waals surface area contributed by atoms with Crippen molar-refractivity contribution < 1.29 is 19.1 Å². The molecule has 1 saturated carbocycles. The van der Waals surface area contributed by atoms with Crippen LogP contribution in [-0.2, 0) is 14.3 Å². The van der Waals surface area contributed by atoms with Crippen molar-refractivity contribution in [2.45, 2.75) is 38.1 Å². The van der Waals surface area contributed by atoms with Crippen molar-refractivity contribution in [3.05, 3.63) is 64.7 Å². The summed E-state index contributed by atoms with van der Waals surface area (Å²) in [6.45, 7) is 4.34. The van der Waals surface area contributed by atoms with Crippen LogP contribution in [0.1, 0.15) is 49.3 Å². The standard InChI is InChI=1S/C30H37ClN4O4/c1-38-24-12-10-22(11-13-24)28-20-27(25-8-4-5-9-26(25)31)32-35(28)29(36)21-34(30(37)23-6-2-3-7-23)15-14-33-16-18-39-19-17-33/h4-5,8-13,23,28H,2-3,6-7,14-21H2,1H3/t28-/m0/s1. The largest absolute Gasteiger partial charge is 0.497 e. The van der Waals surface area contributed by atoms with E-state index in [1.807, 2.05) is 48.5 Å². The highest BCUT2D eigenvalue weighted by molar-refractivity contribution is 6.34. The van der Waals surface area contributed by atoms with Gasteiger partial charge < -0.3 is 14.4 Å². The fraction of sp³-hybridized carbons (Fsp3) is 0.500. The maximum Gasteiger partial charge on any atom is 0.262 e. The molecule has 2 aromatic carbocycles. The molecule has 0 N–H and O–H groups in total. The smallest absolute Gasteiger partial charge is 0.262 e. The van der Waals surface area contributed by atoms with E-state index >= 15 is 0 Å². The van der Waals surface area contributed by atoms with Crippen molar-refractivity contribution in [2.24, 2.45) is 11.0 Å². The van der Waals surface area contributed by atoms with Crippen molar-refractivity contribution in [3.8, 4) is 5.75 Å². The molecule has 1 atom stereocenters. The summed E-state index contributed by atoms with van der Waals surface area (Å²) in [6.07, 6.45) is 4.46. The van der Waals surface area contributed by atoms with E-state index in [0.29, 0.717) is 31.2 Å². The number of rotatable bonds is 9. The van der Waals surface area contributed by atoms with E-state index in [0.717, 1.165) is 67.9 Å². The van der Waals surface area contributed by atoms with Crippen molar-refractivity contribution >= 4 is 29.1 Å². The lowest BCUT2D eigenvalue weighted by Crippen LogP contribution is -2.47. The number of halogens is 1. The summed E-state index contributed by atoms with van der Waals surface area (Å²) in [7, 11) is 1.63. The molecule has 8 nitrogen and oxygen atoms in total. The highest BCUT2D eigenvalue weighted by Gasteiger charge is 2.36. The Morgan fingerprint density at radius 3 is 2.49 bits per heavy atom. The van der Waals surface area contributed by atoms with Gasteiger partial charge >= 0.3 is 0 Å². The molecule has 0 unspecified atom stereocenters. The molecule has 0 radical (unpaired) electrons. The lowest BCUT2D eigenvalue weighted by molar-refractivity contribution is -0.144. The number of amides is 2. The monoisotopic (exact) mass is 552 g/mol. The number of methoxy groups -OCH3 is 1. The zero-order valence-electron chi connectivity index (χ0n) is 22.6.